The maximum atomic E-state index is 9.94. The van der Waals surface area contributed by atoms with Crippen molar-refractivity contribution in [2.45, 2.75) is 0 Å². The third-order valence-corrected chi connectivity index (χ3v) is 1.27. The molecule has 2 aromatic rings. The summed E-state index contributed by atoms with van der Waals surface area (Å²) in [7, 11) is 0. The number of hydrogen-bond donors (Lipinski definition) is 4. The number of aromatic amines is 2. The van der Waals surface area contributed by atoms with Crippen LogP contribution in [0.15, 0.2) is 12.4 Å². The second-order valence-electron chi connectivity index (χ2n) is 2.33. The van der Waals surface area contributed by atoms with E-state index in [1.54, 1.807) is 0 Å². The number of nitrogens with one attached hydrogen (secondary N) is 2. The van der Waals surface area contributed by atoms with Crippen molar-refractivity contribution in [3.8, 4) is 0 Å². The molecule has 0 aromatic carbocycles. The second-order valence-corrected chi connectivity index (χ2v) is 2.33. The SMILES string of the molecule is O=C(O)c1c[nH]nn1.O=C(O)c1c[nH]nn1.[Mn]. The van der Waals surface area contributed by atoms with Gasteiger partial charge in [0.1, 0.15) is 0 Å². The predicted octanol–water partition coefficient (Wildman–Crippen LogP) is -0.997. The molecule has 0 fully saturated rings. The summed E-state index contributed by atoms with van der Waals surface area (Å²) >= 11 is 0. The standard InChI is InChI=1S/2C3H3N3O2.Mn/c2*7-3(8)2-1-4-6-5-2;/h2*1H,(H,7,8)(H,4,5,6);. The van der Waals surface area contributed by atoms with Crippen molar-refractivity contribution in [3.05, 3.63) is 23.8 Å². The maximum absolute atomic E-state index is 9.94. The molecule has 0 atom stereocenters. The van der Waals surface area contributed by atoms with Gasteiger partial charge >= 0.3 is 11.9 Å². The number of carbonyl (C=O) groups is 2. The molecule has 11 heteroatoms. The van der Waals surface area contributed by atoms with Gasteiger partial charge in [-0.15, -0.1) is 10.2 Å². The summed E-state index contributed by atoms with van der Waals surface area (Å²) in [4.78, 5) is 19.9. The Bertz CT molecular complexity index is 411. The summed E-state index contributed by atoms with van der Waals surface area (Å²) in [5.74, 6) is -2.14. The monoisotopic (exact) mass is 281 g/mol. The topological polar surface area (TPSA) is 158 Å². The normalized spacial score (nSPS) is 8.47. The molecule has 0 aliphatic carbocycles. The van der Waals surface area contributed by atoms with E-state index < -0.39 is 11.9 Å². The number of carboxylic acid groups (broad SMARTS) is 2. The Labute approximate surface area is 104 Å². The van der Waals surface area contributed by atoms with Gasteiger partial charge < -0.3 is 10.2 Å². The van der Waals surface area contributed by atoms with E-state index >= 15 is 0 Å². The van der Waals surface area contributed by atoms with Crippen LogP contribution in [-0.2, 0) is 17.1 Å². The van der Waals surface area contributed by atoms with Crippen LogP contribution in [0.4, 0.5) is 0 Å². The van der Waals surface area contributed by atoms with E-state index in [0.29, 0.717) is 0 Å². The fourth-order valence-corrected chi connectivity index (χ4v) is 0.612. The fraction of sp³-hybridized carbons (Fsp3) is 0. The first-order valence-electron chi connectivity index (χ1n) is 3.80. The Morgan fingerprint density at radius 1 is 0.941 bits per heavy atom. The van der Waals surface area contributed by atoms with E-state index in [0.717, 1.165) is 0 Å². The van der Waals surface area contributed by atoms with Gasteiger partial charge in [-0.2, -0.15) is 0 Å². The molecule has 0 aliphatic rings. The minimum absolute atomic E-state index is 0. The Hall–Kier alpha value is -2.26. The van der Waals surface area contributed by atoms with Gasteiger partial charge in [0, 0.05) is 17.1 Å². The molecule has 10 nitrogen and oxygen atoms in total. The van der Waals surface area contributed by atoms with Crippen molar-refractivity contribution in [3.63, 3.8) is 0 Å². The summed E-state index contributed by atoms with van der Waals surface area (Å²) in [5, 5.41) is 33.6. The van der Waals surface area contributed by atoms with E-state index in [2.05, 4.69) is 30.8 Å². The van der Waals surface area contributed by atoms with Crippen molar-refractivity contribution >= 4 is 11.9 Å². The zero-order valence-corrected chi connectivity index (χ0v) is 9.21. The first-order valence-corrected chi connectivity index (χ1v) is 3.80. The molecule has 0 unspecified atom stereocenters. The van der Waals surface area contributed by atoms with Crippen LogP contribution in [0.25, 0.3) is 0 Å². The van der Waals surface area contributed by atoms with Gasteiger partial charge in [0.15, 0.2) is 11.4 Å². The first-order chi connectivity index (χ1) is 7.61. The second kappa shape index (κ2) is 7.09. The Morgan fingerprint density at radius 3 is 1.41 bits per heavy atom. The number of aromatic nitrogens is 6. The van der Waals surface area contributed by atoms with Crippen LogP contribution in [0.3, 0.4) is 0 Å². The largest absolute Gasteiger partial charge is 0.476 e. The molecule has 4 N–H and O–H groups in total. The molecule has 0 bridgehead atoms. The Morgan fingerprint density at radius 2 is 1.29 bits per heavy atom. The molecule has 17 heavy (non-hydrogen) atoms. The van der Waals surface area contributed by atoms with E-state index in [1.807, 2.05) is 0 Å². The molecule has 0 saturated heterocycles. The number of rotatable bonds is 2. The van der Waals surface area contributed by atoms with Crippen LogP contribution in [-0.4, -0.2) is 53.0 Å². The molecule has 91 valence electrons. The third kappa shape index (κ3) is 4.86. The number of hydrogen-bond acceptors (Lipinski definition) is 6. The quantitative estimate of drug-likeness (QED) is 0.510. The molecule has 0 spiro atoms. The van der Waals surface area contributed by atoms with E-state index in [-0.39, 0.29) is 28.5 Å². The maximum Gasteiger partial charge on any atom is 0.358 e. The van der Waals surface area contributed by atoms with Crippen molar-refractivity contribution in [1.29, 1.82) is 0 Å². The van der Waals surface area contributed by atoms with Gasteiger partial charge in [-0.3, -0.25) is 10.2 Å². The van der Waals surface area contributed by atoms with Crippen molar-refractivity contribution in [2.24, 2.45) is 0 Å². The number of aromatic carboxylic acids is 2. The minimum Gasteiger partial charge on any atom is -0.476 e. The molecule has 0 aliphatic heterocycles. The van der Waals surface area contributed by atoms with Crippen molar-refractivity contribution in [2.75, 3.05) is 0 Å². The first kappa shape index (κ1) is 14.7. The van der Waals surface area contributed by atoms with Gasteiger partial charge in [0.2, 0.25) is 0 Å². The molecule has 1 radical (unpaired) electrons. The minimum atomic E-state index is -1.07. The van der Waals surface area contributed by atoms with Gasteiger partial charge in [0.05, 0.1) is 12.4 Å². The van der Waals surface area contributed by atoms with Crippen molar-refractivity contribution in [1.82, 2.24) is 30.8 Å². The van der Waals surface area contributed by atoms with Gasteiger partial charge in [-0.05, 0) is 0 Å². The van der Waals surface area contributed by atoms with Crippen LogP contribution in [0.5, 0.6) is 0 Å². The summed E-state index contributed by atoms with van der Waals surface area (Å²) in [6.07, 6.45) is 2.42. The summed E-state index contributed by atoms with van der Waals surface area (Å²) in [6, 6.07) is 0. The summed E-state index contributed by atoms with van der Waals surface area (Å²) < 4.78 is 0. The van der Waals surface area contributed by atoms with Crippen LogP contribution in [0, 0.1) is 0 Å². The Balaban J connectivity index is 0.000000284. The molecule has 0 saturated carbocycles. The van der Waals surface area contributed by atoms with Crippen LogP contribution >= 0.6 is 0 Å². The van der Waals surface area contributed by atoms with Gasteiger partial charge in [0.25, 0.3) is 0 Å². The third-order valence-electron chi connectivity index (χ3n) is 1.27. The number of H-pyrrole nitrogens is 2. The van der Waals surface area contributed by atoms with Crippen LogP contribution < -0.4 is 0 Å². The number of carboxylic acids is 2. The predicted molar refractivity (Wildman–Crippen MR) is 46.7 cm³/mol. The Kier molecular flexibility index (Phi) is 6.14. The number of nitrogens with zero attached hydrogens (tertiary/aromatic N) is 4. The molecular weight excluding hydrogens is 275 g/mol. The molecule has 2 rings (SSSR count). The van der Waals surface area contributed by atoms with Crippen LogP contribution in [0.2, 0.25) is 0 Å². The van der Waals surface area contributed by atoms with Gasteiger partial charge in [-0.1, -0.05) is 10.4 Å². The summed E-state index contributed by atoms with van der Waals surface area (Å²) in [6.45, 7) is 0. The van der Waals surface area contributed by atoms with Crippen molar-refractivity contribution < 1.29 is 36.9 Å². The molecule has 2 aromatic heterocycles. The molecule has 0 amide bonds. The van der Waals surface area contributed by atoms with Crippen LogP contribution in [0.1, 0.15) is 21.0 Å². The van der Waals surface area contributed by atoms with Gasteiger partial charge in [-0.25, -0.2) is 9.59 Å². The van der Waals surface area contributed by atoms with E-state index in [4.69, 9.17) is 10.2 Å². The summed E-state index contributed by atoms with van der Waals surface area (Å²) in [5.41, 5.74) is -0.130. The zero-order valence-electron chi connectivity index (χ0n) is 8.03. The molecular formula is C6H6MnN6O4. The fourth-order valence-electron chi connectivity index (χ4n) is 0.612. The smallest absolute Gasteiger partial charge is 0.358 e. The molecule has 2 heterocycles. The van der Waals surface area contributed by atoms with E-state index in [1.165, 1.54) is 12.4 Å². The van der Waals surface area contributed by atoms with E-state index in [9.17, 15) is 9.59 Å². The zero-order chi connectivity index (χ0) is 12.0. The average Bonchev–Trinajstić information content (AvgIpc) is 2.93. The average molecular weight is 281 g/mol.